The van der Waals surface area contributed by atoms with Crippen LogP contribution in [-0.2, 0) is 5.41 Å². The fourth-order valence-corrected chi connectivity index (χ4v) is 2.61. The van der Waals surface area contributed by atoms with Gasteiger partial charge in [-0.1, -0.05) is 31.5 Å². The lowest BCUT2D eigenvalue weighted by Gasteiger charge is -2.28. The summed E-state index contributed by atoms with van der Waals surface area (Å²) in [5.41, 5.74) is 0.130. The summed E-state index contributed by atoms with van der Waals surface area (Å²) in [5.74, 6) is 0.518. The van der Waals surface area contributed by atoms with Crippen LogP contribution in [0.4, 0.5) is 4.39 Å². The number of hydrogen-bond donors (Lipinski definition) is 2. The van der Waals surface area contributed by atoms with Gasteiger partial charge in [0, 0.05) is 35.6 Å². The largest absolute Gasteiger partial charge is 0.356 e. The molecule has 0 spiro atoms. The van der Waals surface area contributed by atoms with Crippen molar-refractivity contribution < 1.29 is 4.39 Å². The molecule has 1 aromatic carbocycles. The maximum Gasteiger partial charge on any atom is 0.191 e. The first-order chi connectivity index (χ1) is 9.00. The molecule has 0 saturated carbocycles. The van der Waals surface area contributed by atoms with Gasteiger partial charge in [-0.25, -0.2) is 4.39 Å². The fourth-order valence-electron chi connectivity index (χ4n) is 2.19. The predicted molar refractivity (Wildman–Crippen MR) is 77.4 cm³/mol. The summed E-state index contributed by atoms with van der Waals surface area (Å²) >= 11 is 6.12. The van der Waals surface area contributed by atoms with Crippen LogP contribution in [0.5, 0.6) is 0 Å². The molecule has 5 heteroatoms. The van der Waals surface area contributed by atoms with Crippen molar-refractivity contribution >= 4 is 17.6 Å². The van der Waals surface area contributed by atoms with Crippen LogP contribution in [0.1, 0.15) is 25.8 Å². The third-order valence-electron chi connectivity index (χ3n) is 3.23. The van der Waals surface area contributed by atoms with Crippen LogP contribution in [0, 0.1) is 5.82 Å². The standard InChI is InChI=1S/C14H19ClFN3/c1-14(2,9-19-13-17-7-4-8-18-13)12-10(15)5-3-6-11(12)16/h3,5-6H,4,7-9H2,1-2H3,(H2,17,18,19). The minimum atomic E-state index is -0.413. The van der Waals surface area contributed by atoms with Gasteiger partial charge in [-0.15, -0.1) is 0 Å². The molecular weight excluding hydrogens is 265 g/mol. The topological polar surface area (TPSA) is 36.4 Å². The van der Waals surface area contributed by atoms with Crippen molar-refractivity contribution in [2.45, 2.75) is 25.7 Å². The van der Waals surface area contributed by atoms with E-state index in [-0.39, 0.29) is 5.82 Å². The Morgan fingerprint density at radius 1 is 1.47 bits per heavy atom. The Morgan fingerprint density at radius 3 is 2.89 bits per heavy atom. The third kappa shape index (κ3) is 3.38. The first kappa shape index (κ1) is 14.1. The summed E-state index contributed by atoms with van der Waals surface area (Å²) in [7, 11) is 0. The Balaban J connectivity index is 2.11. The highest BCUT2D eigenvalue weighted by Crippen LogP contribution is 2.31. The van der Waals surface area contributed by atoms with Crippen molar-refractivity contribution in [2.24, 2.45) is 4.99 Å². The average Bonchev–Trinajstić information content (AvgIpc) is 2.37. The van der Waals surface area contributed by atoms with Crippen molar-refractivity contribution in [3.05, 3.63) is 34.6 Å². The summed E-state index contributed by atoms with van der Waals surface area (Å²) in [6.07, 6.45) is 1.05. The van der Waals surface area contributed by atoms with E-state index in [0.29, 0.717) is 17.1 Å². The van der Waals surface area contributed by atoms with Gasteiger partial charge in [-0.05, 0) is 18.6 Å². The molecule has 3 nitrogen and oxygen atoms in total. The molecule has 0 unspecified atom stereocenters. The molecule has 104 valence electrons. The van der Waals surface area contributed by atoms with Crippen LogP contribution in [-0.4, -0.2) is 25.6 Å². The second-order valence-corrected chi connectivity index (χ2v) is 5.75. The maximum absolute atomic E-state index is 14.0. The number of halogens is 2. The third-order valence-corrected chi connectivity index (χ3v) is 3.55. The maximum atomic E-state index is 14.0. The number of nitrogens with zero attached hydrogens (tertiary/aromatic N) is 1. The van der Waals surface area contributed by atoms with E-state index in [1.54, 1.807) is 12.1 Å². The van der Waals surface area contributed by atoms with Crippen molar-refractivity contribution in [2.75, 3.05) is 19.6 Å². The first-order valence-corrected chi connectivity index (χ1v) is 6.85. The Hall–Kier alpha value is -1.29. The zero-order chi connectivity index (χ0) is 13.9. The van der Waals surface area contributed by atoms with Gasteiger partial charge in [0.25, 0.3) is 0 Å². The normalized spacial score (nSPS) is 15.7. The number of aliphatic imine (C=N–C) groups is 1. The lowest BCUT2D eigenvalue weighted by molar-refractivity contribution is 0.472. The first-order valence-electron chi connectivity index (χ1n) is 6.47. The second-order valence-electron chi connectivity index (χ2n) is 5.34. The monoisotopic (exact) mass is 283 g/mol. The van der Waals surface area contributed by atoms with Gasteiger partial charge >= 0.3 is 0 Å². The van der Waals surface area contributed by atoms with Gasteiger partial charge in [0.05, 0.1) is 0 Å². The molecule has 0 amide bonds. The van der Waals surface area contributed by atoms with E-state index in [0.717, 1.165) is 25.5 Å². The van der Waals surface area contributed by atoms with Gasteiger partial charge in [-0.3, -0.25) is 4.99 Å². The highest BCUT2D eigenvalue weighted by Gasteiger charge is 2.27. The van der Waals surface area contributed by atoms with Crippen LogP contribution in [0.15, 0.2) is 23.2 Å². The Labute approximate surface area is 118 Å². The minimum absolute atomic E-state index is 0.266. The molecule has 0 fully saturated rings. The Morgan fingerprint density at radius 2 is 2.26 bits per heavy atom. The molecule has 1 aromatic rings. The molecule has 1 heterocycles. The van der Waals surface area contributed by atoms with Gasteiger partial charge in [0.1, 0.15) is 5.82 Å². The van der Waals surface area contributed by atoms with E-state index in [2.05, 4.69) is 15.6 Å². The molecule has 0 aromatic heterocycles. The molecule has 0 atom stereocenters. The zero-order valence-corrected chi connectivity index (χ0v) is 12.0. The molecule has 2 N–H and O–H groups in total. The van der Waals surface area contributed by atoms with Crippen molar-refractivity contribution in [1.82, 2.24) is 10.6 Å². The molecule has 0 aliphatic carbocycles. The SMILES string of the molecule is CC(C)(CNC1=NCCCN1)c1c(F)cccc1Cl. The number of rotatable bonds is 3. The Bertz CT molecular complexity index is 465. The van der Waals surface area contributed by atoms with Crippen LogP contribution < -0.4 is 10.6 Å². The van der Waals surface area contributed by atoms with Crippen LogP contribution in [0.3, 0.4) is 0 Å². The lowest BCUT2D eigenvalue weighted by Crippen LogP contribution is -2.45. The Kier molecular flexibility index (Phi) is 4.30. The summed E-state index contributed by atoms with van der Waals surface area (Å²) in [5, 5.41) is 6.88. The van der Waals surface area contributed by atoms with E-state index in [4.69, 9.17) is 11.6 Å². The van der Waals surface area contributed by atoms with Gasteiger partial charge in [0.2, 0.25) is 0 Å². The van der Waals surface area contributed by atoms with Crippen LogP contribution in [0.2, 0.25) is 5.02 Å². The van der Waals surface area contributed by atoms with Gasteiger partial charge in [-0.2, -0.15) is 0 Å². The molecule has 0 radical (unpaired) electrons. The number of benzene rings is 1. The second kappa shape index (κ2) is 5.78. The summed E-state index contributed by atoms with van der Waals surface area (Å²) < 4.78 is 14.0. The van der Waals surface area contributed by atoms with E-state index in [1.807, 2.05) is 13.8 Å². The van der Waals surface area contributed by atoms with Crippen LogP contribution in [0.25, 0.3) is 0 Å². The molecule has 0 saturated heterocycles. The molecule has 0 bridgehead atoms. The number of nitrogens with one attached hydrogen (secondary N) is 2. The molecular formula is C14H19ClFN3. The molecule has 2 rings (SSSR count). The molecule has 19 heavy (non-hydrogen) atoms. The van der Waals surface area contributed by atoms with Crippen molar-refractivity contribution in [1.29, 1.82) is 0 Å². The number of hydrogen-bond acceptors (Lipinski definition) is 3. The predicted octanol–water partition coefficient (Wildman–Crippen LogP) is 2.70. The van der Waals surface area contributed by atoms with Gasteiger partial charge in [0.15, 0.2) is 5.96 Å². The quantitative estimate of drug-likeness (QED) is 0.895. The lowest BCUT2D eigenvalue weighted by atomic mass is 9.84. The smallest absolute Gasteiger partial charge is 0.191 e. The van der Waals surface area contributed by atoms with E-state index in [1.165, 1.54) is 6.07 Å². The molecule has 1 aliphatic rings. The van der Waals surface area contributed by atoms with Gasteiger partial charge < -0.3 is 10.6 Å². The molecule has 1 aliphatic heterocycles. The van der Waals surface area contributed by atoms with Crippen molar-refractivity contribution in [3.63, 3.8) is 0 Å². The van der Waals surface area contributed by atoms with E-state index in [9.17, 15) is 4.39 Å². The highest BCUT2D eigenvalue weighted by atomic mass is 35.5. The summed E-state index contributed by atoms with van der Waals surface area (Å²) in [4.78, 5) is 4.34. The average molecular weight is 284 g/mol. The summed E-state index contributed by atoms with van der Waals surface area (Å²) in [6, 6.07) is 4.79. The summed E-state index contributed by atoms with van der Waals surface area (Å²) in [6.45, 7) is 6.25. The van der Waals surface area contributed by atoms with E-state index < -0.39 is 5.41 Å². The fraction of sp³-hybridized carbons (Fsp3) is 0.500. The minimum Gasteiger partial charge on any atom is -0.356 e. The van der Waals surface area contributed by atoms with E-state index >= 15 is 0 Å². The zero-order valence-electron chi connectivity index (χ0n) is 11.3. The van der Waals surface area contributed by atoms with Crippen LogP contribution >= 0.6 is 11.6 Å². The highest BCUT2D eigenvalue weighted by molar-refractivity contribution is 6.31. The van der Waals surface area contributed by atoms with Crippen molar-refractivity contribution in [3.8, 4) is 0 Å². The number of guanidine groups is 1.